The summed E-state index contributed by atoms with van der Waals surface area (Å²) in [6.07, 6.45) is 2.06. The SMILES string of the molecule is CN1CCOC(C(CC2OCCc3ccccc32)NN)C1. The van der Waals surface area contributed by atoms with Gasteiger partial charge in [-0.05, 0) is 31.0 Å². The molecule has 0 aromatic heterocycles. The fraction of sp³-hybridized carbons (Fsp3) is 0.625. The van der Waals surface area contributed by atoms with Crippen molar-refractivity contribution in [2.24, 2.45) is 5.84 Å². The van der Waals surface area contributed by atoms with Crippen LogP contribution in [0.4, 0.5) is 0 Å². The van der Waals surface area contributed by atoms with Crippen LogP contribution in [0.25, 0.3) is 0 Å². The molecule has 1 saturated heterocycles. The van der Waals surface area contributed by atoms with E-state index in [1.165, 1.54) is 11.1 Å². The van der Waals surface area contributed by atoms with E-state index in [1.807, 2.05) is 0 Å². The van der Waals surface area contributed by atoms with Gasteiger partial charge in [-0.2, -0.15) is 0 Å². The van der Waals surface area contributed by atoms with Crippen molar-refractivity contribution in [3.63, 3.8) is 0 Å². The van der Waals surface area contributed by atoms with Gasteiger partial charge in [-0.15, -0.1) is 0 Å². The molecule has 2 heterocycles. The molecule has 2 aliphatic heterocycles. The fourth-order valence-corrected chi connectivity index (χ4v) is 3.28. The molecule has 5 nitrogen and oxygen atoms in total. The third-order valence-corrected chi connectivity index (χ3v) is 4.52. The second-order valence-corrected chi connectivity index (χ2v) is 5.99. The summed E-state index contributed by atoms with van der Waals surface area (Å²) in [5, 5.41) is 0. The van der Waals surface area contributed by atoms with Crippen molar-refractivity contribution in [3.8, 4) is 0 Å². The highest BCUT2D eigenvalue weighted by molar-refractivity contribution is 5.31. The summed E-state index contributed by atoms with van der Waals surface area (Å²) < 4.78 is 11.9. The van der Waals surface area contributed by atoms with Crippen LogP contribution in [0.1, 0.15) is 23.7 Å². The van der Waals surface area contributed by atoms with Crippen LogP contribution in [0.15, 0.2) is 24.3 Å². The highest BCUT2D eigenvalue weighted by atomic mass is 16.5. The van der Waals surface area contributed by atoms with Crippen molar-refractivity contribution < 1.29 is 9.47 Å². The van der Waals surface area contributed by atoms with Gasteiger partial charge in [-0.25, -0.2) is 0 Å². The fourth-order valence-electron chi connectivity index (χ4n) is 3.28. The number of benzene rings is 1. The van der Waals surface area contributed by atoms with E-state index in [4.69, 9.17) is 15.3 Å². The second-order valence-electron chi connectivity index (χ2n) is 5.99. The van der Waals surface area contributed by atoms with Gasteiger partial charge in [0.15, 0.2) is 0 Å². The molecule has 0 amide bonds. The van der Waals surface area contributed by atoms with Crippen molar-refractivity contribution in [3.05, 3.63) is 35.4 Å². The van der Waals surface area contributed by atoms with Gasteiger partial charge in [-0.3, -0.25) is 11.3 Å². The van der Waals surface area contributed by atoms with Crippen molar-refractivity contribution in [2.75, 3.05) is 33.4 Å². The van der Waals surface area contributed by atoms with Gasteiger partial charge < -0.3 is 14.4 Å². The lowest BCUT2D eigenvalue weighted by Gasteiger charge is -2.37. The monoisotopic (exact) mass is 291 g/mol. The van der Waals surface area contributed by atoms with Crippen LogP contribution in [-0.2, 0) is 15.9 Å². The number of nitrogens with zero attached hydrogens (tertiary/aromatic N) is 1. The molecular weight excluding hydrogens is 266 g/mol. The molecule has 3 atom stereocenters. The molecule has 3 unspecified atom stereocenters. The number of fused-ring (bicyclic) bond motifs is 1. The lowest BCUT2D eigenvalue weighted by atomic mass is 9.92. The smallest absolute Gasteiger partial charge is 0.0869 e. The first-order valence-corrected chi connectivity index (χ1v) is 7.73. The van der Waals surface area contributed by atoms with Crippen molar-refractivity contribution >= 4 is 0 Å². The normalized spacial score (nSPS) is 28.1. The average Bonchev–Trinajstić information content (AvgIpc) is 2.52. The quantitative estimate of drug-likeness (QED) is 0.636. The van der Waals surface area contributed by atoms with E-state index in [9.17, 15) is 0 Å². The van der Waals surface area contributed by atoms with E-state index in [1.54, 1.807) is 0 Å². The molecule has 0 bridgehead atoms. The van der Waals surface area contributed by atoms with Gasteiger partial charge in [0, 0.05) is 13.1 Å². The van der Waals surface area contributed by atoms with Gasteiger partial charge in [-0.1, -0.05) is 24.3 Å². The van der Waals surface area contributed by atoms with Crippen LogP contribution in [0.3, 0.4) is 0 Å². The Bertz CT molecular complexity index is 469. The molecule has 3 N–H and O–H groups in total. The van der Waals surface area contributed by atoms with Gasteiger partial charge in [0.1, 0.15) is 0 Å². The summed E-state index contributed by atoms with van der Waals surface area (Å²) in [4.78, 5) is 2.29. The van der Waals surface area contributed by atoms with Gasteiger partial charge in [0.05, 0.1) is 31.5 Å². The summed E-state index contributed by atoms with van der Waals surface area (Å²) in [5.41, 5.74) is 5.63. The Morgan fingerprint density at radius 2 is 2.19 bits per heavy atom. The Balaban J connectivity index is 1.70. The molecule has 0 spiro atoms. The predicted molar refractivity (Wildman–Crippen MR) is 81.8 cm³/mol. The minimum atomic E-state index is 0.101. The molecule has 5 heteroatoms. The van der Waals surface area contributed by atoms with E-state index in [-0.39, 0.29) is 18.2 Å². The predicted octanol–water partition coefficient (Wildman–Crippen LogP) is 0.853. The Morgan fingerprint density at radius 1 is 1.33 bits per heavy atom. The number of morpholine rings is 1. The number of hydrogen-bond donors (Lipinski definition) is 2. The Hall–Kier alpha value is -0.980. The lowest BCUT2D eigenvalue weighted by molar-refractivity contribution is -0.0546. The maximum absolute atomic E-state index is 5.99. The number of nitrogens with one attached hydrogen (secondary N) is 1. The second kappa shape index (κ2) is 6.85. The van der Waals surface area contributed by atoms with Gasteiger partial charge in [0.2, 0.25) is 0 Å². The Labute approximate surface area is 126 Å². The summed E-state index contributed by atoms with van der Waals surface area (Å²) in [5.74, 6) is 5.78. The minimum Gasteiger partial charge on any atom is -0.374 e. The van der Waals surface area contributed by atoms with Crippen molar-refractivity contribution in [1.82, 2.24) is 10.3 Å². The molecule has 0 radical (unpaired) electrons. The molecule has 116 valence electrons. The third kappa shape index (κ3) is 3.44. The van der Waals surface area contributed by atoms with Crippen LogP contribution in [0.5, 0.6) is 0 Å². The van der Waals surface area contributed by atoms with Crippen LogP contribution in [0, 0.1) is 0 Å². The molecule has 1 fully saturated rings. The Kier molecular flexibility index (Phi) is 4.87. The maximum atomic E-state index is 5.99. The molecule has 1 aromatic carbocycles. The molecule has 1 aromatic rings. The van der Waals surface area contributed by atoms with Crippen molar-refractivity contribution in [1.29, 1.82) is 0 Å². The molecule has 21 heavy (non-hydrogen) atoms. The first-order valence-electron chi connectivity index (χ1n) is 7.73. The first kappa shape index (κ1) is 14.9. The average molecular weight is 291 g/mol. The van der Waals surface area contributed by atoms with E-state index >= 15 is 0 Å². The highest BCUT2D eigenvalue weighted by Gasteiger charge is 2.31. The van der Waals surface area contributed by atoms with Gasteiger partial charge >= 0.3 is 0 Å². The van der Waals surface area contributed by atoms with Gasteiger partial charge in [0.25, 0.3) is 0 Å². The summed E-state index contributed by atoms with van der Waals surface area (Å²) in [7, 11) is 2.12. The standard InChI is InChI=1S/C16H25N3O2/c1-19-7-9-21-16(11-19)14(18-17)10-15-13-5-3-2-4-12(13)6-8-20-15/h2-5,14-16,18H,6-11,17H2,1H3. The number of hydrogen-bond acceptors (Lipinski definition) is 5. The van der Waals surface area contributed by atoms with Crippen LogP contribution in [0.2, 0.25) is 0 Å². The van der Waals surface area contributed by atoms with E-state index in [0.717, 1.165) is 39.1 Å². The number of hydrazine groups is 1. The largest absolute Gasteiger partial charge is 0.374 e. The maximum Gasteiger partial charge on any atom is 0.0869 e. The highest BCUT2D eigenvalue weighted by Crippen LogP contribution is 2.31. The zero-order chi connectivity index (χ0) is 14.7. The molecular formula is C16H25N3O2. The first-order chi connectivity index (χ1) is 10.3. The molecule has 0 aliphatic carbocycles. The zero-order valence-corrected chi connectivity index (χ0v) is 12.6. The zero-order valence-electron chi connectivity index (χ0n) is 12.6. The number of ether oxygens (including phenoxy) is 2. The lowest BCUT2D eigenvalue weighted by Crippen LogP contribution is -2.53. The van der Waals surface area contributed by atoms with Crippen LogP contribution < -0.4 is 11.3 Å². The molecule has 3 rings (SSSR count). The summed E-state index contributed by atoms with van der Waals surface area (Å²) in [6.45, 7) is 3.44. The molecule has 0 saturated carbocycles. The van der Waals surface area contributed by atoms with Crippen LogP contribution in [-0.4, -0.2) is 50.4 Å². The van der Waals surface area contributed by atoms with E-state index in [2.05, 4.69) is 41.6 Å². The Morgan fingerprint density at radius 3 is 3.00 bits per heavy atom. The van der Waals surface area contributed by atoms with E-state index < -0.39 is 0 Å². The summed E-state index contributed by atoms with van der Waals surface area (Å²) >= 11 is 0. The number of rotatable bonds is 4. The van der Waals surface area contributed by atoms with Crippen LogP contribution >= 0.6 is 0 Å². The minimum absolute atomic E-state index is 0.101. The number of nitrogens with two attached hydrogens (primary N) is 1. The van der Waals surface area contributed by atoms with Crippen molar-refractivity contribution in [2.45, 2.75) is 31.1 Å². The topological polar surface area (TPSA) is 59.8 Å². The summed E-state index contributed by atoms with van der Waals surface area (Å²) in [6, 6.07) is 8.64. The molecule has 2 aliphatic rings. The number of likely N-dealkylation sites (N-methyl/N-ethyl adjacent to an activating group) is 1. The van der Waals surface area contributed by atoms with E-state index in [0.29, 0.717) is 0 Å². The third-order valence-electron chi connectivity index (χ3n) is 4.52.